The summed E-state index contributed by atoms with van der Waals surface area (Å²) >= 11 is 0. The summed E-state index contributed by atoms with van der Waals surface area (Å²) in [5, 5.41) is 2.76. The third kappa shape index (κ3) is 6.01. The van der Waals surface area contributed by atoms with Gasteiger partial charge in [0.05, 0.1) is 13.2 Å². The van der Waals surface area contributed by atoms with E-state index in [4.69, 9.17) is 15.2 Å². The molecule has 0 saturated carbocycles. The summed E-state index contributed by atoms with van der Waals surface area (Å²) in [6.45, 7) is 3.48. The van der Waals surface area contributed by atoms with Gasteiger partial charge in [0.25, 0.3) is 0 Å². The van der Waals surface area contributed by atoms with E-state index >= 15 is 0 Å². The zero-order valence-electron chi connectivity index (χ0n) is 13.2. The zero-order chi connectivity index (χ0) is 15.8. The number of likely N-dealkylation sites (N-methyl/N-ethyl adjacent to an activating group) is 1. The molecule has 0 aliphatic rings. The molecule has 6 heteroatoms. The summed E-state index contributed by atoms with van der Waals surface area (Å²) in [6.07, 6.45) is 0. The molecule has 0 fully saturated rings. The lowest BCUT2D eigenvalue weighted by Crippen LogP contribution is -2.37. The summed E-state index contributed by atoms with van der Waals surface area (Å²) in [5.41, 5.74) is 6.43. The van der Waals surface area contributed by atoms with Gasteiger partial charge in [-0.3, -0.25) is 4.79 Å². The van der Waals surface area contributed by atoms with Crippen molar-refractivity contribution in [3.05, 3.63) is 23.8 Å². The smallest absolute Gasteiger partial charge is 0.236 e. The first-order valence-electron chi connectivity index (χ1n) is 6.91. The molecule has 1 amide bonds. The summed E-state index contributed by atoms with van der Waals surface area (Å²) < 4.78 is 11.0. The van der Waals surface area contributed by atoms with Crippen LogP contribution in [0.4, 0.5) is 0 Å². The van der Waals surface area contributed by atoms with Crippen LogP contribution in [0, 0.1) is 0 Å². The molecule has 0 unspecified atom stereocenters. The highest BCUT2D eigenvalue weighted by molar-refractivity contribution is 5.80. The number of ether oxygens (including phenoxy) is 2. The molecule has 0 bridgehead atoms. The van der Waals surface area contributed by atoms with Gasteiger partial charge in [0.1, 0.15) is 6.61 Å². The van der Waals surface area contributed by atoms with Gasteiger partial charge in [-0.25, -0.2) is 0 Å². The average Bonchev–Trinajstić information content (AvgIpc) is 2.44. The van der Waals surface area contributed by atoms with E-state index in [1.54, 1.807) is 14.0 Å². The highest BCUT2D eigenvalue weighted by Crippen LogP contribution is 2.28. The fourth-order valence-corrected chi connectivity index (χ4v) is 1.63. The Labute approximate surface area is 126 Å². The Balaban J connectivity index is 2.63. The van der Waals surface area contributed by atoms with Gasteiger partial charge in [-0.1, -0.05) is 6.07 Å². The van der Waals surface area contributed by atoms with Gasteiger partial charge in [-0.05, 0) is 38.7 Å². The number of amides is 1. The number of hydrogen-bond acceptors (Lipinski definition) is 5. The number of benzene rings is 1. The van der Waals surface area contributed by atoms with Crippen molar-refractivity contribution in [2.24, 2.45) is 5.73 Å². The molecule has 0 aromatic heterocycles. The maximum atomic E-state index is 11.4. The first kappa shape index (κ1) is 17.3. The number of hydrogen-bond donors (Lipinski definition) is 2. The molecular weight excluding hydrogens is 270 g/mol. The van der Waals surface area contributed by atoms with Crippen molar-refractivity contribution in [1.29, 1.82) is 0 Å². The maximum absolute atomic E-state index is 11.4. The molecule has 1 aromatic carbocycles. The van der Waals surface area contributed by atoms with Gasteiger partial charge < -0.3 is 25.4 Å². The van der Waals surface area contributed by atoms with Crippen LogP contribution in [-0.2, 0) is 11.3 Å². The molecule has 3 N–H and O–H groups in total. The third-order valence-electron chi connectivity index (χ3n) is 2.90. The number of rotatable bonds is 8. The number of nitrogens with zero attached hydrogens (tertiary/aromatic N) is 1. The molecule has 21 heavy (non-hydrogen) atoms. The van der Waals surface area contributed by atoms with Gasteiger partial charge >= 0.3 is 0 Å². The van der Waals surface area contributed by atoms with Crippen LogP contribution in [0.2, 0.25) is 0 Å². The summed E-state index contributed by atoms with van der Waals surface area (Å²) in [5.74, 6) is 1.17. The van der Waals surface area contributed by atoms with E-state index in [2.05, 4.69) is 5.32 Å². The molecule has 6 nitrogen and oxygen atoms in total. The minimum atomic E-state index is -0.513. The fraction of sp³-hybridized carbons (Fsp3) is 0.533. The standard InChI is InChI=1S/C15H25N3O3/c1-11(16)15(19)17-10-12-5-6-13(14(9-12)20-4)21-8-7-18(2)3/h5-6,9,11H,7-8,10,16H2,1-4H3,(H,17,19)/t11-/m1/s1. The molecule has 118 valence electrons. The molecular formula is C15H25N3O3. The first-order chi connectivity index (χ1) is 9.93. The average molecular weight is 295 g/mol. The first-order valence-corrected chi connectivity index (χ1v) is 6.91. The van der Waals surface area contributed by atoms with Crippen molar-refractivity contribution >= 4 is 5.91 Å². The van der Waals surface area contributed by atoms with E-state index in [0.29, 0.717) is 24.7 Å². The van der Waals surface area contributed by atoms with Gasteiger partial charge in [0, 0.05) is 13.1 Å². The highest BCUT2D eigenvalue weighted by atomic mass is 16.5. The largest absolute Gasteiger partial charge is 0.493 e. The molecule has 0 radical (unpaired) electrons. The number of carbonyl (C=O) groups excluding carboxylic acids is 1. The molecule has 0 aliphatic heterocycles. The van der Waals surface area contributed by atoms with Gasteiger partial charge in [-0.2, -0.15) is 0 Å². The summed E-state index contributed by atoms with van der Waals surface area (Å²) in [7, 11) is 5.58. The summed E-state index contributed by atoms with van der Waals surface area (Å²) in [6, 6.07) is 5.09. The fourth-order valence-electron chi connectivity index (χ4n) is 1.63. The van der Waals surface area contributed by atoms with E-state index < -0.39 is 6.04 Å². The number of carbonyl (C=O) groups is 1. The van der Waals surface area contributed by atoms with Crippen molar-refractivity contribution in [3.63, 3.8) is 0 Å². The Bertz CT molecular complexity index is 461. The Hall–Kier alpha value is -1.79. The quantitative estimate of drug-likeness (QED) is 0.734. The van der Waals surface area contributed by atoms with Gasteiger partial charge in [0.2, 0.25) is 5.91 Å². The third-order valence-corrected chi connectivity index (χ3v) is 2.90. The van der Waals surface area contributed by atoms with Crippen LogP contribution in [-0.4, -0.2) is 51.2 Å². The molecule has 0 heterocycles. The highest BCUT2D eigenvalue weighted by Gasteiger charge is 2.09. The topological polar surface area (TPSA) is 76.8 Å². The lowest BCUT2D eigenvalue weighted by atomic mass is 10.2. The Morgan fingerprint density at radius 1 is 1.38 bits per heavy atom. The normalized spacial score (nSPS) is 12.1. The van der Waals surface area contributed by atoms with Crippen molar-refractivity contribution in [1.82, 2.24) is 10.2 Å². The second-order valence-electron chi connectivity index (χ2n) is 5.14. The van der Waals surface area contributed by atoms with E-state index in [9.17, 15) is 4.79 Å². The van der Waals surface area contributed by atoms with Gasteiger partial charge in [0.15, 0.2) is 11.5 Å². The molecule has 1 aromatic rings. The van der Waals surface area contributed by atoms with Crippen molar-refractivity contribution < 1.29 is 14.3 Å². The van der Waals surface area contributed by atoms with Crippen LogP contribution in [0.5, 0.6) is 11.5 Å². The number of nitrogens with one attached hydrogen (secondary N) is 1. The van der Waals surface area contributed by atoms with Crippen molar-refractivity contribution in [2.75, 3.05) is 34.4 Å². The van der Waals surface area contributed by atoms with Crippen LogP contribution in [0.15, 0.2) is 18.2 Å². The lowest BCUT2D eigenvalue weighted by Gasteiger charge is -2.15. The molecule has 0 aliphatic carbocycles. The number of nitrogens with two attached hydrogens (primary N) is 1. The number of methoxy groups -OCH3 is 1. The Morgan fingerprint density at radius 3 is 2.67 bits per heavy atom. The lowest BCUT2D eigenvalue weighted by molar-refractivity contribution is -0.122. The second kappa shape index (κ2) is 8.49. The van der Waals surface area contributed by atoms with Crippen LogP contribution < -0.4 is 20.5 Å². The maximum Gasteiger partial charge on any atom is 0.236 e. The van der Waals surface area contributed by atoms with E-state index in [1.807, 2.05) is 37.2 Å². The molecule has 0 spiro atoms. The molecule has 1 atom stereocenters. The monoisotopic (exact) mass is 295 g/mol. The summed E-state index contributed by atoms with van der Waals surface area (Å²) in [4.78, 5) is 13.5. The van der Waals surface area contributed by atoms with Crippen LogP contribution in [0.1, 0.15) is 12.5 Å². The molecule has 1 rings (SSSR count). The minimum Gasteiger partial charge on any atom is -0.493 e. The minimum absolute atomic E-state index is 0.180. The predicted octanol–water partition coefficient (Wildman–Crippen LogP) is 0.599. The van der Waals surface area contributed by atoms with E-state index in [-0.39, 0.29) is 5.91 Å². The van der Waals surface area contributed by atoms with Crippen molar-refractivity contribution in [2.45, 2.75) is 19.5 Å². The second-order valence-corrected chi connectivity index (χ2v) is 5.14. The van der Waals surface area contributed by atoms with Gasteiger partial charge in [-0.15, -0.1) is 0 Å². The Kier molecular flexibility index (Phi) is 6.98. The predicted molar refractivity (Wildman–Crippen MR) is 82.5 cm³/mol. The molecule has 0 saturated heterocycles. The van der Waals surface area contributed by atoms with Crippen LogP contribution in [0.3, 0.4) is 0 Å². The van der Waals surface area contributed by atoms with E-state index in [1.165, 1.54) is 0 Å². The van der Waals surface area contributed by atoms with Crippen molar-refractivity contribution in [3.8, 4) is 11.5 Å². The van der Waals surface area contributed by atoms with E-state index in [0.717, 1.165) is 12.1 Å². The van der Waals surface area contributed by atoms with Crippen LogP contribution >= 0.6 is 0 Å². The zero-order valence-corrected chi connectivity index (χ0v) is 13.2. The van der Waals surface area contributed by atoms with Crippen LogP contribution in [0.25, 0.3) is 0 Å². The Morgan fingerprint density at radius 2 is 2.10 bits per heavy atom. The SMILES string of the molecule is COc1cc(CNC(=O)[C@@H](C)N)ccc1OCCN(C)C.